The van der Waals surface area contributed by atoms with Crippen molar-refractivity contribution in [2.45, 2.75) is 70.8 Å². The summed E-state index contributed by atoms with van der Waals surface area (Å²) in [5.41, 5.74) is 1.76. The first-order valence-electron chi connectivity index (χ1n) is 10.4. The number of ether oxygens (including phenoxy) is 1. The molecular formula is C23H28O4. The molecule has 5 rings (SSSR count). The molecule has 0 radical (unpaired) electrons. The van der Waals surface area contributed by atoms with Gasteiger partial charge in [0, 0.05) is 30.6 Å². The normalized spacial score (nSPS) is 48.3. The van der Waals surface area contributed by atoms with E-state index in [9.17, 15) is 14.4 Å². The highest BCUT2D eigenvalue weighted by molar-refractivity contribution is 5.82. The Morgan fingerprint density at radius 1 is 1.15 bits per heavy atom. The second-order valence-electron chi connectivity index (χ2n) is 9.92. The summed E-state index contributed by atoms with van der Waals surface area (Å²) < 4.78 is 5.96. The smallest absolute Gasteiger partial charge is 0.306 e. The van der Waals surface area contributed by atoms with E-state index < -0.39 is 0 Å². The van der Waals surface area contributed by atoms with Gasteiger partial charge >= 0.3 is 5.97 Å². The highest BCUT2D eigenvalue weighted by Gasteiger charge is 2.66. The lowest BCUT2D eigenvalue weighted by molar-refractivity contribution is -0.160. The third kappa shape index (κ3) is 2.07. The molecule has 1 unspecified atom stereocenters. The Labute approximate surface area is 160 Å². The molecule has 0 aromatic carbocycles. The van der Waals surface area contributed by atoms with E-state index in [0.29, 0.717) is 31.0 Å². The van der Waals surface area contributed by atoms with Crippen molar-refractivity contribution in [1.29, 1.82) is 0 Å². The van der Waals surface area contributed by atoms with Crippen molar-refractivity contribution in [3.8, 4) is 0 Å². The molecule has 3 fully saturated rings. The van der Waals surface area contributed by atoms with Crippen LogP contribution in [0.2, 0.25) is 0 Å². The molecule has 27 heavy (non-hydrogen) atoms. The number of allylic oxidation sites excluding steroid dienone is 4. The molecule has 1 saturated heterocycles. The van der Waals surface area contributed by atoms with Gasteiger partial charge in [0.15, 0.2) is 0 Å². The molecule has 1 spiro atoms. The topological polar surface area (TPSA) is 60.4 Å². The highest BCUT2D eigenvalue weighted by atomic mass is 16.6. The zero-order valence-corrected chi connectivity index (χ0v) is 16.3. The molecule has 0 bridgehead atoms. The van der Waals surface area contributed by atoms with Crippen LogP contribution in [0.1, 0.15) is 65.2 Å². The van der Waals surface area contributed by atoms with Crippen molar-refractivity contribution in [3.63, 3.8) is 0 Å². The minimum atomic E-state index is -0.356. The Kier molecular flexibility index (Phi) is 3.49. The standard InChI is InChI=1S/C23H28O4/c1-21-7-3-16(25)12-15(21)11-14(13-24)20-17(21)4-8-22(2)18(20)5-9-23(22)10-6-19(26)27-23/h4,11,13,15,18,20H,3,5-10,12H2,1-2H3/t15?,18-,20+,21-,22-,23+/m0/s1. The maximum Gasteiger partial charge on any atom is 0.306 e. The monoisotopic (exact) mass is 368 g/mol. The lowest BCUT2D eigenvalue weighted by Crippen LogP contribution is -2.52. The van der Waals surface area contributed by atoms with Crippen LogP contribution in [0.4, 0.5) is 0 Å². The molecule has 0 amide bonds. The zero-order chi connectivity index (χ0) is 19.0. The van der Waals surface area contributed by atoms with Crippen LogP contribution in [-0.4, -0.2) is 23.6 Å². The van der Waals surface area contributed by atoms with Gasteiger partial charge in [-0.05, 0) is 54.9 Å². The Bertz CT molecular complexity index is 807. The van der Waals surface area contributed by atoms with Crippen LogP contribution in [0.5, 0.6) is 0 Å². The number of Topliss-reactive ketones (excluding diaryl/α,β-unsaturated/α-hetero) is 1. The molecule has 0 aromatic heterocycles. The fourth-order valence-corrected chi connectivity index (χ4v) is 7.28. The Morgan fingerprint density at radius 2 is 1.96 bits per heavy atom. The molecule has 0 aromatic rings. The third-order valence-electron chi connectivity index (χ3n) is 8.98. The molecule has 4 aliphatic carbocycles. The van der Waals surface area contributed by atoms with Gasteiger partial charge in [0.1, 0.15) is 17.7 Å². The fourth-order valence-electron chi connectivity index (χ4n) is 7.28. The van der Waals surface area contributed by atoms with Crippen molar-refractivity contribution in [3.05, 3.63) is 23.3 Å². The molecule has 4 heteroatoms. The number of rotatable bonds is 1. The number of carbonyl (C=O) groups excluding carboxylic acids is 3. The summed E-state index contributed by atoms with van der Waals surface area (Å²) in [6.07, 6.45) is 11.7. The summed E-state index contributed by atoms with van der Waals surface area (Å²) in [5.74, 6) is 0.839. The van der Waals surface area contributed by atoms with E-state index in [1.807, 2.05) is 0 Å². The van der Waals surface area contributed by atoms with Crippen molar-refractivity contribution >= 4 is 18.0 Å². The number of ketones is 1. The summed E-state index contributed by atoms with van der Waals surface area (Å²) >= 11 is 0. The largest absolute Gasteiger partial charge is 0.458 e. The van der Waals surface area contributed by atoms with Crippen molar-refractivity contribution in [2.75, 3.05) is 0 Å². The number of fused-ring (bicyclic) bond motifs is 6. The van der Waals surface area contributed by atoms with E-state index >= 15 is 0 Å². The van der Waals surface area contributed by atoms with Gasteiger partial charge < -0.3 is 4.74 Å². The summed E-state index contributed by atoms with van der Waals surface area (Å²) in [6, 6.07) is 0. The molecule has 2 saturated carbocycles. The second-order valence-corrected chi connectivity index (χ2v) is 9.92. The van der Waals surface area contributed by atoms with E-state index in [2.05, 4.69) is 26.0 Å². The average molecular weight is 368 g/mol. The van der Waals surface area contributed by atoms with Crippen LogP contribution in [0, 0.1) is 28.6 Å². The van der Waals surface area contributed by atoms with E-state index in [1.54, 1.807) is 0 Å². The van der Waals surface area contributed by atoms with Gasteiger partial charge in [0.2, 0.25) is 0 Å². The van der Waals surface area contributed by atoms with E-state index in [4.69, 9.17) is 4.74 Å². The third-order valence-corrected chi connectivity index (χ3v) is 8.98. The molecule has 1 heterocycles. The minimum Gasteiger partial charge on any atom is -0.458 e. The van der Waals surface area contributed by atoms with E-state index in [0.717, 1.165) is 44.0 Å². The number of carbonyl (C=O) groups is 3. The van der Waals surface area contributed by atoms with Crippen LogP contribution in [0.3, 0.4) is 0 Å². The van der Waals surface area contributed by atoms with Crippen LogP contribution < -0.4 is 0 Å². The van der Waals surface area contributed by atoms with Crippen LogP contribution >= 0.6 is 0 Å². The van der Waals surface area contributed by atoms with Gasteiger partial charge in [0.05, 0.1) is 0 Å². The first-order chi connectivity index (χ1) is 12.8. The summed E-state index contributed by atoms with van der Waals surface area (Å²) in [7, 11) is 0. The van der Waals surface area contributed by atoms with Crippen LogP contribution in [0.25, 0.3) is 0 Å². The van der Waals surface area contributed by atoms with Crippen LogP contribution in [0.15, 0.2) is 23.3 Å². The molecule has 144 valence electrons. The maximum absolute atomic E-state index is 12.1. The van der Waals surface area contributed by atoms with E-state index in [1.165, 1.54) is 5.57 Å². The number of esters is 1. The SMILES string of the molecule is C[C@]12CC=C3[C@@H](C(C=O)=CC4CC(=O)CC[C@]34C)[C@@H]1CC[C@@]21CCC(=O)O1. The van der Waals surface area contributed by atoms with Gasteiger partial charge in [0.25, 0.3) is 0 Å². The van der Waals surface area contributed by atoms with Gasteiger partial charge in [-0.15, -0.1) is 0 Å². The summed E-state index contributed by atoms with van der Waals surface area (Å²) in [5, 5.41) is 0. The fraction of sp³-hybridized carbons (Fsp3) is 0.696. The lowest BCUT2D eigenvalue weighted by Gasteiger charge is -2.55. The lowest BCUT2D eigenvalue weighted by atomic mass is 9.49. The maximum atomic E-state index is 12.1. The average Bonchev–Trinajstić information content (AvgIpc) is 3.16. The Hall–Kier alpha value is -1.71. The first-order valence-corrected chi connectivity index (χ1v) is 10.4. The van der Waals surface area contributed by atoms with Crippen molar-refractivity contribution < 1.29 is 19.1 Å². The molecular weight excluding hydrogens is 340 g/mol. The van der Waals surface area contributed by atoms with Gasteiger partial charge in [-0.3, -0.25) is 14.4 Å². The molecule has 1 aliphatic heterocycles. The van der Waals surface area contributed by atoms with Gasteiger partial charge in [-0.25, -0.2) is 0 Å². The van der Waals surface area contributed by atoms with Crippen molar-refractivity contribution in [1.82, 2.24) is 0 Å². The zero-order valence-electron chi connectivity index (χ0n) is 16.3. The highest BCUT2D eigenvalue weighted by Crippen LogP contribution is 2.68. The van der Waals surface area contributed by atoms with Gasteiger partial charge in [-0.2, -0.15) is 0 Å². The second kappa shape index (κ2) is 5.42. The number of aldehydes is 1. The predicted molar refractivity (Wildman–Crippen MR) is 99.7 cm³/mol. The summed E-state index contributed by atoms with van der Waals surface area (Å²) in [6.45, 7) is 4.57. The number of hydrogen-bond donors (Lipinski definition) is 0. The van der Waals surface area contributed by atoms with Crippen molar-refractivity contribution in [2.24, 2.45) is 28.6 Å². The minimum absolute atomic E-state index is 0.0193. The Balaban J connectivity index is 1.61. The summed E-state index contributed by atoms with van der Waals surface area (Å²) in [4.78, 5) is 36.1. The predicted octanol–water partition coefficient (Wildman–Crippen LogP) is 3.94. The molecule has 0 N–H and O–H groups in total. The quantitative estimate of drug-likeness (QED) is 0.400. The Morgan fingerprint density at radius 3 is 2.67 bits per heavy atom. The first kappa shape index (κ1) is 17.4. The molecule has 4 nitrogen and oxygen atoms in total. The molecule has 5 aliphatic rings. The molecule has 6 atom stereocenters. The van der Waals surface area contributed by atoms with Gasteiger partial charge in [-0.1, -0.05) is 31.6 Å². The number of hydrogen-bond acceptors (Lipinski definition) is 4. The van der Waals surface area contributed by atoms with Crippen LogP contribution in [-0.2, 0) is 19.1 Å². The van der Waals surface area contributed by atoms with E-state index in [-0.39, 0.29) is 34.2 Å².